The van der Waals surface area contributed by atoms with Gasteiger partial charge >= 0.3 is 5.96 Å². The SMILES string of the molecule is CC1(C)CCOc2c(C(=O)NC3CN4C(N)=N[C@@H](CNC(=O)c5cc(Cl)cc(Cl)c5)[C@@H]5[NH+]=C(N)NC54C3(O)O)cccc21. The maximum Gasteiger partial charge on any atom is 0.343 e. The van der Waals surface area contributed by atoms with Crippen molar-refractivity contribution in [3.05, 3.63) is 63.1 Å². The van der Waals surface area contributed by atoms with E-state index in [4.69, 9.17) is 39.4 Å². The second-order valence-corrected chi connectivity index (χ2v) is 12.8. The van der Waals surface area contributed by atoms with E-state index in [1.807, 2.05) is 6.07 Å². The fraction of sp³-hybridized carbons (Fsp3) is 0.429. The fourth-order valence-corrected chi connectivity index (χ4v) is 7.03. The third kappa shape index (κ3) is 4.62. The lowest BCUT2D eigenvalue weighted by molar-refractivity contribution is -0.521. The molecule has 10 N–H and O–H groups in total. The highest BCUT2D eigenvalue weighted by atomic mass is 35.5. The first-order chi connectivity index (χ1) is 20.2. The number of benzene rings is 2. The molecule has 228 valence electrons. The lowest BCUT2D eigenvalue weighted by atomic mass is 9.79. The Kier molecular flexibility index (Phi) is 6.92. The molecule has 4 heterocycles. The molecule has 0 radical (unpaired) electrons. The van der Waals surface area contributed by atoms with Gasteiger partial charge in [-0.15, -0.1) is 0 Å². The van der Waals surface area contributed by atoms with Crippen LogP contribution in [-0.2, 0) is 5.41 Å². The van der Waals surface area contributed by atoms with Crippen LogP contribution in [-0.4, -0.2) is 88.1 Å². The van der Waals surface area contributed by atoms with Crippen molar-refractivity contribution in [2.24, 2.45) is 16.5 Å². The highest BCUT2D eigenvalue weighted by molar-refractivity contribution is 6.35. The van der Waals surface area contributed by atoms with E-state index in [1.165, 1.54) is 23.1 Å². The Bertz CT molecular complexity index is 1560. The number of nitrogens with zero attached hydrogens (tertiary/aromatic N) is 2. The van der Waals surface area contributed by atoms with Gasteiger partial charge in [0.05, 0.1) is 18.7 Å². The molecule has 2 unspecified atom stereocenters. The largest absolute Gasteiger partial charge is 0.492 e. The van der Waals surface area contributed by atoms with Gasteiger partial charge < -0.3 is 31.3 Å². The van der Waals surface area contributed by atoms with Crippen LogP contribution in [0.2, 0.25) is 10.0 Å². The number of hydrogen-bond acceptors (Lipinski definition) is 10. The van der Waals surface area contributed by atoms with E-state index in [0.717, 1.165) is 12.0 Å². The van der Waals surface area contributed by atoms with Gasteiger partial charge in [-0.3, -0.25) is 25.2 Å². The first-order valence-electron chi connectivity index (χ1n) is 13.8. The Morgan fingerprint density at radius 3 is 2.63 bits per heavy atom. The average Bonchev–Trinajstić information content (AvgIpc) is 3.40. The molecule has 6 rings (SSSR count). The zero-order chi connectivity index (χ0) is 30.9. The number of halogens is 2. The predicted octanol–water partition coefficient (Wildman–Crippen LogP) is -1.66. The number of nitrogens with two attached hydrogens (primary N) is 2. The van der Waals surface area contributed by atoms with Crippen molar-refractivity contribution in [1.82, 2.24) is 20.9 Å². The Morgan fingerprint density at radius 2 is 1.91 bits per heavy atom. The van der Waals surface area contributed by atoms with E-state index in [2.05, 4.69) is 39.8 Å². The Balaban J connectivity index is 1.26. The molecule has 1 saturated heterocycles. The number of carbonyl (C=O) groups excluding carboxylic acids is 2. The summed E-state index contributed by atoms with van der Waals surface area (Å²) in [6.45, 7) is 4.47. The molecule has 0 aromatic heterocycles. The summed E-state index contributed by atoms with van der Waals surface area (Å²) >= 11 is 12.1. The quantitative estimate of drug-likeness (QED) is 0.178. The van der Waals surface area contributed by atoms with Gasteiger partial charge in [0.15, 0.2) is 12.0 Å². The number of fused-ring (bicyclic) bond motifs is 1. The number of para-hydroxylation sites is 1. The summed E-state index contributed by atoms with van der Waals surface area (Å²) in [5.41, 5.74) is 12.0. The summed E-state index contributed by atoms with van der Waals surface area (Å²) < 4.78 is 5.90. The van der Waals surface area contributed by atoms with Crippen molar-refractivity contribution >= 4 is 46.9 Å². The van der Waals surface area contributed by atoms with Gasteiger partial charge in [0.2, 0.25) is 5.79 Å². The Hall–Kier alpha value is -3.78. The van der Waals surface area contributed by atoms with E-state index >= 15 is 0 Å². The fourth-order valence-electron chi connectivity index (χ4n) is 6.51. The van der Waals surface area contributed by atoms with Gasteiger partial charge in [0.1, 0.15) is 17.8 Å². The number of carbonyl (C=O) groups is 2. The highest BCUT2D eigenvalue weighted by Crippen LogP contribution is 2.43. The smallest absolute Gasteiger partial charge is 0.343 e. The molecule has 0 bridgehead atoms. The molecule has 4 aliphatic heterocycles. The number of nitrogens with one attached hydrogen (secondary N) is 4. The number of ether oxygens (including phenoxy) is 1. The van der Waals surface area contributed by atoms with Crippen LogP contribution in [0.1, 0.15) is 46.5 Å². The molecule has 4 aliphatic rings. The number of aliphatic hydroxyl groups is 2. The molecule has 1 spiro atoms. The monoisotopic (exact) mass is 631 g/mol. The highest BCUT2D eigenvalue weighted by Gasteiger charge is 2.76. The summed E-state index contributed by atoms with van der Waals surface area (Å²) in [5, 5.41) is 32.6. The summed E-state index contributed by atoms with van der Waals surface area (Å²) in [4.78, 5) is 35.5. The van der Waals surface area contributed by atoms with Crippen molar-refractivity contribution in [2.45, 2.75) is 55.3 Å². The number of amides is 2. The van der Waals surface area contributed by atoms with Crippen LogP contribution in [0.25, 0.3) is 0 Å². The molecule has 4 atom stereocenters. The van der Waals surface area contributed by atoms with Gasteiger partial charge in [0.25, 0.3) is 17.5 Å². The molecule has 15 heteroatoms. The van der Waals surface area contributed by atoms with E-state index in [-0.39, 0.29) is 41.6 Å². The molecule has 43 heavy (non-hydrogen) atoms. The van der Waals surface area contributed by atoms with Crippen LogP contribution in [0.15, 0.2) is 41.4 Å². The molecular weight excluding hydrogens is 599 g/mol. The molecule has 13 nitrogen and oxygen atoms in total. The maximum atomic E-state index is 13.6. The zero-order valence-corrected chi connectivity index (χ0v) is 25.0. The second-order valence-electron chi connectivity index (χ2n) is 11.9. The summed E-state index contributed by atoms with van der Waals surface area (Å²) in [6.07, 6.45) is 0.798. The average molecular weight is 633 g/mol. The molecule has 1 fully saturated rings. The molecule has 0 saturated carbocycles. The van der Waals surface area contributed by atoms with Crippen molar-refractivity contribution in [3.8, 4) is 5.75 Å². The summed E-state index contributed by atoms with van der Waals surface area (Å²) in [6, 6.07) is 6.88. The van der Waals surface area contributed by atoms with Gasteiger partial charge in [0, 0.05) is 27.7 Å². The molecule has 0 aliphatic carbocycles. The summed E-state index contributed by atoms with van der Waals surface area (Å²) in [5.74, 6) is -3.13. The van der Waals surface area contributed by atoms with Gasteiger partial charge in [-0.1, -0.05) is 49.2 Å². The van der Waals surface area contributed by atoms with E-state index in [9.17, 15) is 19.8 Å². The van der Waals surface area contributed by atoms with Crippen molar-refractivity contribution in [3.63, 3.8) is 0 Å². The van der Waals surface area contributed by atoms with Gasteiger partial charge in [-0.2, -0.15) is 0 Å². The van der Waals surface area contributed by atoms with Crippen LogP contribution in [0.5, 0.6) is 5.75 Å². The zero-order valence-electron chi connectivity index (χ0n) is 23.4. The first-order valence-corrected chi connectivity index (χ1v) is 14.5. The predicted molar refractivity (Wildman–Crippen MR) is 159 cm³/mol. The number of guanidine groups is 2. The number of hydrogen-bond donors (Lipinski definition) is 8. The van der Waals surface area contributed by atoms with Crippen LogP contribution in [0.4, 0.5) is 0 Å². The van der Waals surface area contributed by atoms with Crippen LogP contribution >= 0.6 is 23.2 Å². The van der Waals surface area contributed by atoms with E-state index in [1.54, 1.807) is 12.1 Å². The third-order valence-corrected chi connectivity index (χ3v) is 9.18. The van der Waals surface area contributed by atoms with Crippen molar-refractivity contribution in [2.75, 3.05) is 19.7 Å². The van der Waals surface area contributed by atoms with E-state index < -0.39 is 41.4 Å². The van der Waals surface area contributed by atoms with Gasteiger partial charge in [-0.25, -0.2) is 10.3 Å². The van der Waals surface area contributed by atoms with Crippen molar-refractivity contribution < 1.29 is 29.5 Å². The van der Waals surface area contributed by atoms with Crippen LogP contribution < -0.4 is 37.1 Å². The minimum Gasteiger partial charge on any atom is -0.492 e. The maximum absolute atomic E-state index is 13.6. The molecule has 2 aromatic carbocycles. The minimum atomic E-state index is -2.61. The normalized spacial score (nSPS) is 27.9. The van der Waals surface area contributed by atoms with Gasteiger partial charge in [-0.05, 0) is 36.1 Å². The van der Waals surface area contributed by atoms with Crippen molar-refractivity contribution in [1.29, 1.82) is 0 Å². The molecule has 2 amide bonds. The number of aliphatic imine (C=N–C) groups is 1. The first kappa shape index (κ1) is 29.3. The Labute approximate surface area is 257 Å². The standard InChI is InChI=1S/C28H32Cl2N8O5/c1-26(2)6-7-43-20-16(4-3-5-17(20)26)23(40)35-19-12-38-25(32)34-18(21-27(38,28(19,41)42)37-24(31)36-21)11-33-22(39)13-8-14(29)10-15(30)9-13/h3-5,8-10,18-19,21,41-42H,6-7,11-12H2,1-2H3,(H2,32,34)(H,33,39)(H,35,40)(H3,31,36,37)/p+1/t18-,19?,21-,27?/m0/s1. The van der Waals surface area contributed by atoms with Crippen LogP contribution in [0, 0.1) is 0 Å². The second kappa shape index (κ2) is 10.2. The topological polar surface area (TPSA) is 202 Å². The minimum absolute atomic E-state index is 0.0308. The molecular formula is C28H33Cl2N8O5+. The third-order valence-electron chi connectivity index (χ3n) is 8.75. The van der Waals surface area contributed by atoms with Crippen LogP contribution in [0.3, 0.4) is 0 Å². The number of rotatable bonds is 5. The summed E-state index contributed by atoms with van der Waals surface area (Å²) in [7, 11) is 0. The molecule has 2 aromatic rings. The lowest BCUT2D eigenvalue weighted by Crippen LogP contribution is -2.90. The van der Waals surface area contributed by atoms with E-state index in [0.29, 0.717) is 22.4 Å². The Morgan fingerprint density at radius 1 is 1.19 bits per heavy atom. The lowest BCUT2D eigenvalue weighted by Gasteiger charge is -2.46.